The Morgan fingerprint density at radius 3 is 1.05 bits per heavy atom. The fraction of sp³-hybridized carbons (Fsp3) is 0.925. The van der Waals surface area contributed by atoms with Crippen LogP contribution in [0.5, 0.6) is 0 Å². The third kappa shape index (κ3) is 47.3. The minimum atomic E-state index is -0.526. The number of carbonyl (C=O) groups is 2. The van der Waals surface area contributed by atoms with Gasteiger partial charge in [0.05, 0.1) is 6.61 Å². The molecule has 1 unspecified atom stereocenters. The van der Waals surface area contributed by atoms with E-state index in [0.29, 0.717) is 26.1 Å². The molecule has 0 aliphatic carbocycles. The molecule has 0 spiro atoms. The molecule has 1 atom stereocenters. The number of hydrogen-bond acceptors (Lipinski definition) is 5. The molecule has 5 nitrogen and oxygen atoms in total. The van der Waals surface area contributed by atoms with Crippen molar-refractivity contribution in [2.24, 2.45) is 0 Å². The van der Waals surface area contributed by atoms with E-state index in [4.69, 9.17) is 14.2 Å². The van der Waals surface area contributed by atoms with E-state index in [1.807, 2.05) is 0 Å². The molecule has 0 aromatic rings. The average molecular weight is 819 g/mol. The molecule has 0 radical (unpaired) electrons. The Hall–Kier alpha value is -1.36. The molecular weight excluding hydrogens is 717 g/mol. The highest BCUT2D eigenvalue weighted by Gasteiger charge is 2.17. The Kier molecular flexibility index (Phi) is 48.8. The van der Waals surface area contributed by atoms with Gasteiger partial charge in [-0.1, -0.05) is 245 Å². The predicted molar refractivity (Wildman–Crippen MR) is 252 cm³/mol. The predicted octanol–water partition coefficient (Wildman–Crippen LogP) is 17.5. The van der Waals surface area contributed by atoms with Crippen LogP contribution in [0.15, 0.2) is 12.2 Å². The third-order valence-electron chi connectivity index (χ3n) is 11.8. The first kappa shape index (κ1) is 56.6. The van der Waals surface area contributed by atoms with Crippen LogP contribution in [0.3, 0.4) is 0 Å². The Labute approximate surface area is 363 Å². The number of carbonyl (C=O) groups excluding carboxylic acids is 2. The number of esters is 2. The monoisotopic (exact) mass is 819 g/mol. The second-order valence-electron chi connectivity index (χ2n) is 17.8. The van der Waals surface area contributed by atoms with Crippen molar-refractivity contribution in [3.63, 3.8) is 0 Å². The minimum absolute atomic E-state index is 0.0917. The summed E-state index contributed by atoms with van der Waals surface area (Å²) < 4.78 is 17.3. The largest absolute Gasteiger partial charge is 0.462 e. The van der Waals surface area contributed by atoms with Crippen LogP contribution < -0.4 is 0 Å². The van der Waals surface area contributed by atoms with Crippen molar-refractivity contribution in [2.45, 2.75) is 297 Å². The fourth-order valence-corrected chi connectivity index (χ4v) is 7.86. The number of rotatable bonds is 49. The zero-order valence-corrected chi connectivity index (χ0v) is 39.6. The summed E-state index contributed by atoms with van der Waals surface area (Å²) in [4.78, 5) is 25.3. The highest BCUT2D eigenvalue weighted by molar-refractivity contribution is 5.70. The van der Waals surface area contributed by atoms with E-state index in [1.54, 1.807) is 0 Å². The molecule has 5 heteroatoms. The smallest absolute Gasteiger partial charge is 0.306 e. The zero-order valence-electron chi connectivity index (χ0n) is 39.6. The maximum Gasteiger partial charge on any atom is 0.306 e. The van der Waals surface area contributed by atoms with Crippen molar-refractivity contribution in [2.75, 3.05) is 19.8 Å². The Bertz CT molecular complexity index is 840. The Balaban J connectivity index is 4.01. The van der Waals surface area contributed by atoms with E-state index in [2.05, 4.69) is 32.9 Å². The molecule has 0 rings (SSSR count). The van der Waals surface area contributed by atoms with Gasteiger partial charge in [-0.15, -0.1) is 0 Å². The average Bonchev–Trinajstić information content (AvgIpc) is 3.22. The molecule has 0 amide bonds. The number of ether oxygens (including phenoxy) is 3. The molecule has 0 saturated heterocycles. The lowest BCUT2D eigenvalue weighted by atomic mass is 10.0. The molecule has 0 aromatic heterocycles. The van der Waals surface area contributed by atoms with Gasteiger partial charge in [0.15, 0.2) is 6.10 Å². The van der Waals surface area contributed by atoms with E-state index >= 15 is 0 Å². The summed E-state index contributed by atoms with van der Waals surface area (Å²) in [5, 5.41) is 0. The number of unbranched alkanes of at least 4 members (excludes halogenated alkanes) is 36. The summed E-state index contributed by atoms with van der Waals surface area (Å²) in [6.07, 6.45) is 56.6. The maximum absolute atomic E-state index is 12.7. The number of allylic oxidation sites excluding steroid dienone is 2. The molecule has 0 saturated carbocycles. The van der Waals surface area contributed by atoms with Crippen LogP contribution in [0, 0.1) is 0 Å². The standard InChI is InChI=1S/C53H102O5/c1-4-7-10-13-16-18-20-22-24-26-27-29-30-32-34-36-38-40-43-46-52(54)57-50-51(49-56-48-45-42-15-12-9-6-3)58-53(55)47-44-41-39-37-35-33-31-28-25-23-21-19-17-14-11-8-5-2/h23,25,51H,4-22,24,26-50H2,1-3H3/b25-23-. The lowest BCUT2D eigenvalue weighted by Gasteiger charge is -2.18. The van der Waals surface area contributed by atoms with E-state index < -0.39 is 6.10 Å². The fourth-order valence-electron chi connectivity index (χ4n) is 7.86. The highest BCUT2D eigenvalue weighted by atomic mass is 16.6. The van der Waals surface area contributed by atoms with Gasteiger partial charge >= 0.3 is 11.9 Å². The first-order chi connectivity index (χ1) is 28.6. The highest BCUT2D eigenvalue weighted by Crippen LogP contribution is 2.16. The van der Waals surface area contributed by atoms with Crippen molar-refractivity contribution in [1.29, 1.82) is 0 Å². The van der Waals surface area contributed by atoms with Crippen molar-refractivity contribution >= 4 is 11.9 Å². The molecule has 58 heavy (non-hydrogen) atoms. The van der Waals surface area contributed by atoms with Crippen molar-refractivity contribution in [3.05, 3.63) is 12.2 Å². The van der Waals surface area contributed by atoms with E-state index in [-0.39, 0.29) is 18.5 Å². The third-order valence-corrected chi connectivity index (χ3v) is 11.8. The summed E-state index contributed by atoms with van der Waals surface area (Å²) in [6, 6.07) is 0. The molecule has 0 fully saturated rings. The second kappa shape index (κ2) is 50.0. The van der Waals surface area contributed by atoms with Crippen LogP contribution in [0.2, 0.25) is 0 Å². The minimum Gasteiger partial charge on any atom is -0.462 e. The lowest BCUT2D eigenvalue weighted by Crippen LogP contribution is -2.30. The zero-order chi connectivity index (χ0) is 42.1. The van der Waals surface area contributed by atoms with Crippen molar-refractivity contribution in [1.82, 2.24) is 0 Å². The molecule has 0 heterocycles. The van der Waals surface area contributed by atoms with E-state index in [1.165, 1.54) is 218 Å². The number of hydrogen-bond donors (Lipinski definition) is 0. The van der Waals surface area contributed by atoms with E-state index in [9.17, 15) is 9.59 Å². The normalized spacial score (nSPS) is 12.1. The van der Waals surface area contributed by atoms with Crippen LogP contribution in [0.25, 0.3) is 0 Å². The molecule has 344 valence electrons. The first-order valence-electron chi connectivity index (χ1n) is 26.2. The quantitative estimate of drug-likeness (QED) is 0.0348. The summed E-state index contributed by atoms with van der Waals surface area (Å²) in [5.74, 6) is -0.385. The molecule has 0 aliphatic rings. The van der Waals surface area contributed by atoms with Gasteiger partial charge in [-0.3, -0.25) is 9.59 Å². The van der Waals surface area contributed by atoms with Crippen LogP contribution in [0.4, 0.5) is 0 Å². The molecular formula is C53H102O5. The topological polar surface area (TPSA) is 61.8 Å². The lowest BCUT2D eigenvalue weighted by molar-refractivity contribution is -0.163. The summed E-state index contributed by atoms with van der Waals surface area (Å²) in [5.41, 5.74) is 0. The van der Waals surface area contributed by atoms with Gasteiger partial charge in [-0.25, -0.2) is 0 Å². The van der Waals surface area contributed by atoms with Crippen molar-refractivity contribution in [3.8, 4) is 0 Å². The van der Waals surface area contributed by atoms with Crippen LogP contribution in [-0.2, 0) is 23.8 Å². The maximum atomic E-state index is 12.7. The van der Waals surface area contributed by atoms with Gasteiger partial charge in [-0.05, 0) is 44.9 Å². The molecule has 0 aliphatic heterocycles. The first-order valence-corrected chi connectivity index (χ1v) is 26.2. The molecule has 0 aromatic carbocycles. The Morgan fingerprint density at radius 1 is 0.362 bits per heavy atom. The van der Waals surface area contributed by atoms with Crippen LogP contribution >= 0.6 is 0 Å². The van der Waals surface area contributed by atoms with Gasteiger partial charge in [0.25, 0.3) is 0 Å². The molecule has 0 N–H and O–H groups in total. The van der Waals surface area contributed by atoms with Gasteiger partial charge < -0.3 is 14.2 Å². The van der Waals surface area contributed by atoms with Crippen LogP contribution in [0.1, 0.15) is 290 Å². The van der Waals surface area contributed by atoms with Gasteiger partial charge in [0.1, 0.15) is 6.61 Å². The summed E-state index contributed by atoms with van der Waals surface area (Å²) in [7, 11) is 0. The van der Waals surface area contributed by atoms with Crippen LogP contribution in [-0.4, -0.2) is 37.9 Å². The second-order valence-corrected chi connectivity index (χ2v) is 17.8. The van der Waals surface area contributed by atoms with Crippen molar-refractivity contribution < 1.29 is 23.8 Å². The summed E-state index contributed by atoms with van der Waals surface area (Å²) >= 11 is 0. The van der Waals surface area contributed by atoms with Gasteiger partial charge in [0.2, 0.25) is 0 Å². The SMILES string of the molecule is CCCCCCCC/C=C\CCCCCCCCCC(=O)OC(COCCCCCCCC)COC(=O)CCCCCCCCCCCCCCCCCCCCC. The Morgan fingerprint density at radius 2 is 0.672 bits per heavy atom. The molecule has 0 bridgehead atoms. The summed E-state index contributed by atoms with van der Waals surface area (Å²) in [6.45, 7) is 7.84. The van der Waals surface area contributed by atoms with Gasteiger partial charge in [-0.2, -0.15) is 0 Å². The van der Waals surface area contributed by atoms with E-state index in [0.717, 1.165) is 38.5 Å². The van der Waals surface area contributed by atoms with Gasteiger partial charge in [0, 0.05) is 19.4 Å².